The zero-order chi connectivity index (χ0) is 14.1. The third-order valence-corrected chi connectivity index (χ3v) is 3.59. The van der Waals surface area contributed by atoms with E-state index in [1.54, 1.807) is 7.11 Å². The smallest absolute Gasteiger partial charge is 0.122 e. The molecule has 0 saturated carbocycles. The molecule has 1 atom stereocenters. The minimum absolute atomic E-state index is 0.290. The Morgan fingerprint density at radius 1 is 1.26 bits per heavy atom. The summed E-state index contributed by atoms with van der Waals surface area (Å²) in [6, 6.07) is 8.71. The quantitative estimate of drug-likeness (QED) is 0.697. The van der Waals surface area contributed by atoms with Crippen molar-refractivity contribution in [3.8, 4) is 5.75 Å². The number of likely N-dealkylation sites (N-methyl/N-ethyl adjacent to an activating group) is 1. The van der Waals surface area contributed by atoms with Gasteiger partial charge in [-0.15, -0.1) is 0 Å². The molecule has 3 heteroatoms. The first kappa shape index (κ1) is 16.0. The number of hydrogen-bond donors (Lipinski definition) is 1. The molecule has 0 heterocycles. The SMILES string of the molecule is CCN(CCCCO)C(C)Cc1ccccc1OC. The summed E-state index contributed by atoms with van der Waals surface area (Å²) in [5.74, 6) is 0.973. The van der Waals surface area contributed by atoms with Crippen LogP contribution in [0, 0.1) is 0 Å². The molecule has 19 heavy (non-hydrogen) atoms. The molecule has 0 aliphatic carbocycles. The predicted molar refractivity (Wildman–Crippen MR) is 79.7 cm³/mol. The van der Waals surface area contributed by atoms with Gasteiger partial charge in [0.25, 0.3) is 0 Å². The van der Waals surface area contributed by atoms with Gasteiger partial charge in [0.15, 0.2) is 0 Å². The van der Waals surface area contributed by atoms with E-state index in [9.17, 15) is 0 Å². The Kier molecular flexibility index (Phi) is 7.53. The summed E-state index contributed by atoms with van der Waals surface area (Å²) in [6.07, 6.45) is 2.94. The van der Waals surface area contributed by atoms with E-state index in [1.807, 2.05) is 12.1 Å². The maximum atomic E-state index is 8.86. The van der Waals surface area contributed by atoms with E-state index in [2.05, 4.69) is 30.9 Å². The van der Waals surface area contributed by atoms with Crippen molar-refractivity contribution in [1.29, 1.82) is 0 Å². The van der Waals surface area contributed by atoms with Gasteiger partial charge in [0.1, 0.15) is 5.75 Å². The molecule has 0 aliphatic heterocycles. The Morgan fingerprint density at radius 3 is 2.63 bits per heavy atom. The van der Waals surface area contributed by atoms with E-state index in [-0.39, 0.29) is 0 Å². The van der Waals surface area contributed by atoms with Gasteiger partial charge in [-0.05, 0) is 50.9 Å². The lowest BCUT2D eigenvalue weighted by Gasteiger charge is -2.28. The number of ether oxygens (including phenoxy) is 1. The minimum atomic E-state index is 0.290. The molecule has 1 unspecified atom stereocenters. The van der Waals surface area contributed by atoms with Crippen LogP contribution in [0.3, 0.4) is 0 Å². The fourth-order valence-electron chi connectivity index (χ4n) is 2.44. The van der Waals surface area contributed by atoms with Crippen LogP contribution in [0.2, 0.25) is 0 Å². The molecule has 1 aromatic rings. The van der Waals surface area contributed by atoms with E-state index in [0.29, 0.717) is 12.6 Å². The summed E-state index contributed by atoms with van der Waals surface area (Å²) in [7, 11) is 1.72. The number of methoxy groups -OCH3 is 1. The van der Waals surface area contributed by atoms with Crippen molar-refractivity contribution in [1.82, 2.24) is 4.90 Å². The van der Waals surface area contributed by atoms with Crippen LogP contribution >= 0.6 is 0 Å². The highest BCUT2D eigenvalue weighted by molar-refractivity contribution is 5.33. The lowest BCUT2D eigenvalue weighted by molar-refractivity contribution is 0.202. The highest BCUT2D eigenvalue weighted by atomic mass is 16.5. The molecule has 0 aliphatic rings. The molecular weight excluding hydrogens is 238 g/mol. The van der Waals surface area contributed by atoms with E-state index < -0.39 is 0 Å². The molecule has 1 N–H and O–H groups in total. The number of unbranched alkanes of at least 4 members (excludes halogenated alkanes) is 1. The van der Waals surface area contributed by atoms with E-state index in [0.717, 1.165) is 38.1 Å². The normalized spacial score (nSPS) is 12.7. The monoisotopic (exact) mass is 265 g/mol. The Morgan fingerprint density at radius 2 is 2.00 bits per heavy atom. The second-order valence-corrected chi connectivity index (χ2v) is 4.92. The first-order valence-corrected chi connectivity index (χ1v) is 7.19. The summed E-state index contributed by atoms with van der Waals surface area (Å²) in [5, 5.41) is 8.86. The number of hydrogen-bond acceptors (Lipinski definition) is 3. The summed E-state index contributed by atoms with van der Waals surface area (Å²) >= 11 is 0. The first-order valence-electron chi connectivity index (χ1n) is 7.19. The van der Waals surface area contributed by atoms with Gasteiger partial charge in [0.05, 0.1) is 7.11 Å². The molecule has 1 aromatic carbocycles. The molecule has 0 saturated heterocycles. The van der Waals surface area contributed by atoms with Crippen molar-refractivity contribution in [3.05, 3.63) is 29.8 Å². The molecule has 1 rings (SSSR count). The van der Waals surface area contributed by atoms with Crippen LogP contribution in [0.15, 0.2) is 24.3 Å². The zero-order valence-electron chi connectivity index (χ0n) is 12.4. The van der Waals surface area contributed by atoms with Crippen molar-refractivity contribution < 1.29 is 9.84 Å². The van der Waals surface area contributed by atoms with Crippen molar-refractivity contribution in [3.63, 3.8) is 0 Å². The van der Waals surface area contributed by atoms with Crippen LogP contribution in [0.25, 0.3) is 0 Å². The van der Waals surface area contributed by atoms with Crippen molar-refractivity contribution >= 4 is 0 Å². The lowest BCUT2D eigenvalue weighted by Crippen LogP contribution is -2.35. The average Bonchev–Trinajstić information content (AvgIpc) is 2.44. The number of rotatable bonds is 9. The fraction of sp³-hybridized carbons (Fsp3) is 0.625. The molecule has 0 amide bonds. The lowest BCUT2D eigenvalue weighted by atomic mass is 10.0. The second-order valence-electron chi connectivity index (χ2n) is 4.92. The molecule has 108 valence electrons. The van der Waals surface area contributed by atoms with Crippen LogP contribution in [0.5, 0.6) is 5.75 Å². The first-order chi connectivity index (χ1) is 9.22. The van der Waals surface area contributed by atoms with Gasteiger partial charge in [0.2, 0.25) is 0 Å². The number of aliphatic hydroxyl groups is 1. The number of aliphatic hydroxyl groups excluding tert-OH is 1. The van der Waals surface area contributed by atoms with Gasteiger partial charge in [-0.1, -0.05) is 25.1 Å². The Labute approximate surface area is 117 Å². The Bertz CT molecular complexity index is 354. The molecule has 0 bridgehead atoms. The maximum Gasteiger partial charge on any atom is 0.122 e. The number of benzene rings is 1. The summed E-state index contributed by atoms with van der Waals surface area (Å²) in [4.78, 5) is 2.46. The van der Waals surface area contributed by atoms with E-state index >= 15 is 0 Å². The number of nitrogens with zero attached hydrogens (tertiary/aromatic N) is 1. The van der Waals surface area contributed by atoms with Gasteiger partial charge >= 0.3 is 0 Å². The van der Waals surface area contributed by atoms with Crippen molar-refractivity contribution in [2.75, 3.05) is 26.8 Å². The topological polar surface area (TPSA) is 32.7 Å². The third kappa shape index (κ3) is 5.21. The fourth-order valence-corrected chi connectivity index (χ4v) is 2.44. The van der Waals surface area contributed by atoms with Crippen molar-refractivity contribution in [2.24, 2.45) is 0 Å². The van der Waals surface area contributed by atoms with E-state index in [1.165, 1.54) is 5.56 Å². The molecular formula is C16H27NO2. The van der Waals surface area contributed by atoms with E-state index in [4.69, 9.17) is 9.84 Å². The number of para-hydroxylation sites is 1. The standard InChI is InChI=1S/C16H27NO2/c1-4-17(11-7-8-12-18)14(2)13-15-9-5-6-10-16(15)19-3/h5-6,9-10,14,18H,4,7-8,11-13H2,1-3H3. The van der Waals surface area contributed by atoms with Crippen LogP contribution < -0.4 is 4.74 Å². The van der Waals surface area contributed by atoms with Gasteiger partial charge in [-0.3, -0.25) is 0 Å². The van der Waals surface area contributed by atoms with Gasteiger partial charge < -0.3 is 14.7 Å². The predicted octanol–water partition coefficient (Wildman–Crippen LogP) is 2.72. The zero-order valence-corrected chi connectivity index (χ0v) is 12.4. The Hall–Kier alpha value is -1.06. The Balaban J connectivity index is 2.58. The molecule has 0 aromatic heterocycles. The van der Waals surface area contributed by atoms with Crippen molar-refractivity contribution in [2.45, 2.75) is 39.2 Å². The third-order valence-electron chi connectivity index (χ3n) is 3.59. The molecule has 3 nitrogen and oxygen atoms in total. The van der Waals surface area contributed by atoms with Crippen LogP contribution in [-0.4, -0.2) is 42.9 Å². The summed E-state index contributed by atoms with van der Waals surface area (Å²) in [6.45, 7) is 6.83. The molecule has 0 radical (unpaired) electrons. The van der Waals surface area contributed by atoms with Crippen LogP contribution in [0.4, 0.5) is 0 Å². The van der Waals surface area contributed by atoms with Crippen LogP contribution in [-0.2, 0) is 6.42 Å². The highest BCUT2D eigenvalue weighted by Gasteiger charge is 2.14. The van der Waals surface area contributed by atoms with Crippen LogP contribution in [0.1, 0.15) is 32.3 Å². The summed E-state index contributed by atoms with van der Waals surface area (Å²) in [5.41, 5.74) is 1.26. The maximum absolute atomic E-state index is 8.86. The highest BCUT2D eigenvalue weighted by Crippen LogP contribution is 2.20. The molecule has 0 spiro atoms. The van der Waals surface area contributed by atoms with Gasteiger partial charge in [-0.25, -0.2) is 0 Å². The van der Waals surface area contributed by atoms with Gasteiger partial charge in [0, 0.05) is 12.6 Å². The second kappa shape index (κ2) is 8.94. The minimum Gasteiger partial charge on any atom is -0.496 e. The average molecular weight is 265 g/mol. The summed E-state index contributed by atoms with van der Waals surface area (Å²) < 4.78 is 5.41. The van der Waals surface area contributed by atoms with Gasteiger partial charge in [-0.2, -0.15) is 0 Å². The largest absolute Gasteiger partial charge is 0.496 e. The molecule has 0 fully saturated rings.